The molecule has 1 aliphatic heterocycles. The summed E-state index contributed by atoms with van der Waals surface area (Å²) < 4.78 is 7.66. The normalized spacial score (nSPS) is 14.6. The number of hydrogen-bond acceptors (Lipinski definition) is 6. The predicted molar refractivity (Wildman–Crippen MR) is 107 cm³/mol. The van der Waals surface area contributed by atoms with Gasteiger partial charge in [-0.2, -0.15) is 0 Å². The fraction of sp³-hybridized carbons (Fsp3) is 0.400. The van der Waals surface area contributed by atoms with E-state index in [1.54, 1.807) is 45.9 Å². The second kappa shape index (κ2) is 7.62. The van der Waals surface area contributed by atoms with Gasteiger partial charge < -0.3 is 9.57 Å². The number of benzene rings is 1. The standard InChI is InChI=1S/C20H21BrN2O6/c1-11-14(10-18(26)29-23-16(24)7-8-17(23)25)13-6-5-12(21)9-15(13)22(11)19(27)28-20(2,3)4/h5-6,9H,7-8,10H2,1-4H3. The third-order valence-electron chi connectivity index (χ3n) is 4.39. The third-order valence-corrected chi connectivity index (χ3v) is 4.89. The van der Waals surface area contributed by atoms with Crippen molar-refractivity contribution in [3.8, 4) is 0 Å². The summed E-state index contributed by atoms with van der Waals surface area (Å²) >= 11 is 3.39. The number of carbonyl (C=O) groups excluding carboxylic acids is 4. The minimum Gasteiger partial charge on any atom is -0.443 e. The van der Waals surface area contributed by atoms with Gasteiger partial charge in [-0.05, 0) is 45.4 Å². The lowest BCUT2D eigenvalue weighted by Crippen LogP contribution is -2.32. The van der Waals surface area contributed by atoms with Crippen LogP contribution >= 0.6 is 15.9 Å². The Kier molecular flexibility index (Phi) is 5.53. The van der Waals surface area contributed by atoms with Gasteiger partial charge >= 0.3 is 12.1 Å². The molecule has 0 N–H and O–H groups in total. The first kappa shape index (κ1) is 21.0. The first-order valence-electron chi connectivity index (χ1n) is 9.07. The van der Waals surface area contributed by atoms with Crippen LogP contribution in [0.3, 0.4) is 0 Å². The fourth-order valence-corrected chi connectivity index (χ4v) is 3.51. The third kappa shape index (κ3) is 4.34. The number of fused-ring (bicyclic) bond motifs is 1. The average Bonchev–Trinajstić information content (AvgIpc) is 3.04. The molecule has 0 saturated carbocycles. The summed E-state index contributed by atoms with van der Waals surface area (Å²) in [7, 11) is 0. The maximum Gasteiger partial charge on any atom is 0.419 e. The molecular weight excluding hydrogens is 444 g/mol. The predicted octanol–water partition coefficient (Wildman–Crippen LogP) is 3.65. The topological polar surface area (TPSA) is 94.9 Å². The second-order valence-corrected chi connectivity index (χ2v) is 8.68. The van der Waals surface area contributed by atoms with Crippen LogP contribution in [0.2, 0.25) is 0 Å². The molecule has 0 aliphatic carbocycles. The van der Waals surface area contributed by atoms with Crippen LogP contribution in [0, 0.1) is 6.92 Å². The van der Waals surface area contributed by atoms with Crippen LogP contribution in [0.4, 0.5) is 4.79 Å². The Labute approximate surface area is 175 Å². The molecule has 3 rings (SSSR count). The largest absolute Gasteiger partial charge is 0.443 e. The van der Waals surface area contributed by atoms with Crippen molar-refractivity contribution >= 4 is 50.7 Å². The van der Waals surface area contributed by atoms with Crippen LogP contribution in [-0.2, 0) is 30.4 Å². The first-order chi connectivity index (χ1) is 13.5. The molecule has 1 saturated heterocycles. The number of imide groups is 1. The van der Waals surface area contributed by atoms with Gasteiger partial charge in [0.25, 0.3) is 11.8 Å². The van der Waals surface area contributed by atoms with Gasteiger partial charge in [0, 0.05) is 28.4 Å². The lowest BCUT2D eigenvalue weighted by atomic mass is 10.1. The molecule has 154 valence electrons. The number of rotatable bonds is 3. The van der Waals surface area contributed by atoms with E-state index in [1.165, 1.54) is 4.57 Å². The van der Waals surface area contributed by atoms with E-state index in [2.05, 4.69) is 15.9 Å². The minimum absolute atomic E-state index is 0.0249. The first-order valence-corrected chi connectivity index (χ1v) is 9.86. The van der Waals surface area contributed by atoms with Gasteiger partial charge in [-0.1, -0.05) is 22.0 Å². The summed E-state index contributed by atoms with van der Waals surface area (Å²) in [4.78, 5) is 53.5. The van der Waals surface area contributed by atoms with E-state index in [0.29, 0.717) is 27.2 Å². The zero-order valence-electron chi connectivity index (χ0n) is 16.6. The lowest BCUT2D eigenvalue weighted by molar-refractivity contribution is -0.197. The number of hydrogen-bond donors (Lipinski definition) is 0. The van der Waals surface area contributed by atoms with E-state index < -0.39 is 29.5 Å². The molecular formula is C20H21BrN2O6. The van der Waals surface area contributed by atoms with Crippen molar-refractivity contribution < 1.29 is 28.8 Å². The van der Waals surface area contributed by atoms with E-state index in [1.807, 2.05) is 0 Å². The number of ether oxygens (including phenoxy) is 1. The Bertz CT molecular complexity index is 1020. The van der Waals surface area contributed by atoms with Gasteiger partial charge in [0.05, 0.1) is 11.9 Å². The van der Waals surface area contributed by atoms with Crippen LogP contribution in [-0.4, -0.2) is 39.1 Å². The summed E-state index contributed by atoms with van der Waals surface area (Å²) in [6, 6.07) is 5.33. The zero-order valence-corrected chi connectivity index (χ0v) is 18.2. The molecule has 0 atom stereocenters. The van der Waals surface area contributed by atoms with Crippen molar-refractivity contribution in [1.29, 1.82) is 0 Å². The Morgan fingerprint density at radius 3 is 2.34 bits per heavy atom. The maximum atomic E-state index is 12.8. The fourth-order valence-electron chi connectivity index (χ4n) is 3.16. The van der Waals surface area contributed by atoms with E-state index in [-0.39, 0.29) is 19.3 Å². The highest BCUT2D eigenvalue weighted by Crippen LogP contribution is 2.30. The number of nitrogens with zero attached hydrogens (tertiary/aromatic N) is 2. The number of hydroxylamine groups is 2. The van der Waals surface area contributed by atoms with Gasteiger partial charge in [0.15, 0.2) is 0 Å². The SMILES string of the molecule is Cc1c(CC(=O)ON2C(=O)CCC2=O)c2ccc(Br)cc2n1C(=O)OC(C)(C)C. The van der Waals surface area contributed by atoms with Crippen molar-refractivity contribution in [1.82, 2.24) is 9.63 Å². The molecule has 0 radical (unpaired) electrons. The summed E-state index contributed by atoms with van der Waals surface area (Å²) in [5, 5.41) is 1.19. The van der Waals surface area contributed by atoms with Gasteiger partial charge in [0.1, 0.15) is 5.60 Å². The Hall–Kier alpha value is -2.68. The Morgan fingerprint density at radius 1 is 1.14 bits per heavy atom. The van der Waals surface area contributed by atoms with Crippen LogP contribution < -0.4 is 0 Å². The maximum absolute atomic E-state index is 12.8. The molecule has 0 unspecified atom stereocenters. The van der Waals surface area contributed by atoms with Crippen LogP contribution in [0.5, 0.6) is 0 Å². The van der Waals surface area contributed by atoms with Gasteiger partial charge in [-0.15, -0.1) is 5.06 Å². The van der Waals surface area contributed by atoms with Crippen LogP contribution in [0.1, 0.15) is 44.9 Å². The van der Waals surface area contributed by atoms with Crippen molar-refractivity contribution in [2.45, 2.75) is 52.6 Å². The van der Waals surface area contributed by atoms with Crippen molar-refractivity contribution in [3.63, 3.8) is 0 Å². The number of carbonyl (C=O) groups is 4. The van der Waals surface area contributed by atoms with Crippen molar-refractivity contribution in [2.24, 2.45) is 0 Å². The van der Waals surface area contributed by atoms with Gasteiger partial charge in [-0.3, -0.25) is 9.59 Å². The van der Waals surface area contributed by atoms with E-state index in [4.69, 9.17) is 9.57 Å². The van der Waals surface area contributed by atoms with Crippen molar-refractivity contribution in [2.75, 3.05) is 0 Å². The van der Waals surface area contributed by atoms with Gasteiger partial charge in [0.2, 0.25) is 0 Å². The van der Waals surface area contributed by atoms with E-state index in [0.717, 1.165) is 4.47 Å². The number of amides is 2. The smallest absolute Gasteiger partial charge is 0.419 e. The zero-order chi connectivity index (χ0) is 21.5. The lowest BCUT2D eigenvalue weighted by Gasteiger charge is -2.20. The van der Waals surface area contributed by atoms with E-state index >= 15 is 0 Å². The quantitative estimate of drug-likeness (QED) is 0.643. The molecule has 2 amide bonds. The highest BCUT2D eigenvalue weighted by molar-refractivity contribution is 9.10. The van der Waals surface area contributed by atoms with Gasteiger partial charge in [-0.25, -0.2) is 14.2 Å². The minimum atomic E-state index is -0.761. The van der Waals surface area contributed by atoms with Crippen molar-refractivity contribution in [3.05, 3.63) is 33.9 Å². The van der Waals surface area contributed by atoms with E-state index in [9.17, 15) is 19.2 Å². The second-order valence-electron chi connectivity index (χ2n) is 7.76. The molecule has 1 fully saturated rings. The molecule has 8 nitrogen and oxygen atoms in total. The monoisotopic (exact) mass is 464 g/mol. The number of aromatic nitrogens is 1. The summed E-state index contributed by atoms with van der Waals surface area (Å²) in [5.74, 6) is -1.84. The highest BCUT2D eigenvalue weighted by Gasteiger charge is 2.33. The molecule has 1 aliphatic rings. The highest BCUT2D eigenvalue weighted by atomic mass is 79.9. The molecule has 9 heteroatoms. The van der Waals surface area contributed by atoms with Crippen LogP contribution in [0.15, 0.2) is 22.7 Å². The molecule has 0 bridgehead atoms. The Balaban J connectivity index is 1.97. The molecule has 2 aromatic rings. The molecule has 1 aromatic carbocycles. The summed E-state index contributed by atoms with van der Waals surface area (Å²) in [6.07, 6.45) is -0.729. The molecule has 0 spiro atoms. The van der Waals surface area contributed by atoms with Crippen LogP contribution in [0.25, 0.3) is 10.9 Å². The molecule has 1 aromatic heterocycles. The Morgan fingerprint density at radius 2 is 1.76 bits per heavy atom. The summed E-state index contributed by atoms with van der Waals surface area (Å²) in [5.41, 5.74) is 0.954. The average molecular weight is 465 g/mol. The molecule has 29 heavy (non-hydrogen) atoms. The molecule has 2 heterocycles. The summed E-state index contributed by atoms with van der Waals surface area (Å²) in [6.45, 7) is 7.01. The number of halogens is 1.